The topological polar surface area (TPSA) is 150 Å². The first-order valence-corrected chi connectivity index (χ1v) is 12.2. The number of carbonyl (C=O) groups excluding carboxylic acids is 3. The third kappa shape index (κ3) is 5.77. The SMILES string of the molecule is NC(=O)c1nsc(C(=O)N(CC2CCCO2)C(C(=O)NCC2CCCO2)c2ccc(F)cc2)c1N. The van der Waals surface area contributed by atoms with Gasteiger partial charge in [0.2, 0.25) is 5.91 Å². The van der Waals surface area contributed by atoms with Crippen LogP contribution in [0.1, 0.15) is 57.4 Å². The number of benzene rings is 1. The predicted molar refractivity (Wildman–Crippen MR) is 126 cm³/mol. The molecule has 0 aliphatic carbocycles. The highest BCUT2D eigenvalue weighted by Crippen LogP contribution is 2.30. The number of rotatable bonds is 9. The Kier molecular flexibility index (Phi) is 7.93. The third-order valence-corrected chi connectivity index (χ3v) is 6.97. The first-order chi connectivity index (χ1) is 16.8. The van der Waals surface area contributed by atoms with Gasteiger partial charge in [-0.3, -0.25) is 14.4 Å². The van der Waals surface area contributed by atoms with E-state index in [0.29, 0.717) is 25.2 Å². The van der Waals surface area contributed by atoms with Crippen LogP contribution in [0.3, 0.4) is 0 Å². The van der Waals surface area contributed by atoms with Gasteiger partial charge in [-0.1, -0.05) is 12.1 Å². The van der Waals surface area contributed by atoms with E-state index >= 15 is 0 Å². The Bertz CT molecular complexity index is 1070. The summed E-state index contributed by atoms with van der Waals surface area (Å²) < 4.78 is 29.0. The largest absolute Gasteiger partial charge is 0.395 e. The lowest BCUT2D eigenvalue weighted by atomic mass is 10.0. The first kappa shape index (κ1) is 25.0. The Labute approximate surface area is 205 Å². The van der Waals surface area contributed by atoms with E-state index in [1.165, 1.54) is 29.2 Å². The molecule has 0 bridgehead atoms. The van der Waals surface area contributed by atoms with E-state index in [0.717, 1.165) is 30.8 Å². The summed E-state index contributed by atoms with van der Waals surface area (Å²) in [5.74, 6) is -2.36. The van der Waals surface area contributed by atoms with Crippen molar-refractivity contribution in [3.8, 4) is 0 Å². The predicted octanol–water partition coefficient (Wildman–Crippen LogP) is 1.62. The first-order valence-electron chi connectivity index (χ1n) is 11.5. The quantitative estimate of drug-likeness (QED) is 0.469. The van der Waals surface area contributed by atoms with E-state index < -0.39 is 29.6 Å². The summed E-state index contributed by atoms with van der Waals surface area (Å²) in [6, 6.07) is 4.29. The van der Waals surface area contributed by atoms with Crippen LogP contribution in [0.25, 0.3) is 0 Å². The Hall–Kier alpha value is -3.09. The van der Waals surface area contributed by atoms with Crippen molar-refractivity contribution in [1.82, 2.24) is 14.6 Å². The number of anilines is 1. The second-order valence-electron chi connectivity index (χ2n) is 8.57. The van der Waals surface area contributed by atoms with Crippen molar-refractivity contribution >= 4 is 34.9 Å². The number of nitrogens with zero attached hydrogens (tertiary/aromatic N) is 2. The molecule has 1 aromatic carbocycles. The standard InChI is InChI=1S/C23H28FN5O5S/c24-14-7-5-13(6-8-14)19(22(31)27-11-15-3-1-9-33-15)29(12-16-4-2-10-34-16)23(32)20-17(25)18(21(26)30)28-35-20/h5-8,15-16,19H,1-4,9-12,25H2,(H2,26,30)(H,27,31). The molecule has 5 N–H and O–H groups in total. The second-order valence-corrected chi connectivity index (χ2v) is 9.34. The molecule has 0 radical (unpaired) electrons. The smallest absolute Gasteiger partial charge is 0.270 e. The fourth-order valence-electron chi connectivity index (χ4n) is 4.31. The molecule has 188 valence electrons. The zero-order valence-corrected chi connectivity index (χ0v) is 19.9. The van der Waals surface area contributed by atoms with Crippen LogP contribution in [0, 0.1) is 5.82 Å². The molecule has 2 aromatic rings. The number of hydrogen-bond donors (Lipinski definition) is 3. The van der Waals surface area contributed by atoms with Gasteiger partial charge in [0.1, 0.15) is 16.7 Å². The number of nitrogens with two attached hydrogens (primary N) is 2. The minimum atomic E-state index is -1.10. The molecule has 2 fully saturated rings. The molecule has 10 nitrogen and oxygen atoms in total. The van der Waals surface area contributed by atoms with E-state index in [4.69, 9.17) is 20.9 Å². The zero-order valence-electron chi connectivity index (χ0n) is 19.1. The number of ether oxygens (including phenoxy) is 2. The summed E-state index contributed by atoms with van der Waals surface area (Å²) >= 11 is 0.740. The van der Waals surface area contributed by atoms with Crippen LogP contribution in [-0.2, 0) is 14.3 Å². The fourth-order valence-corrected chi connectivity index (χ4v) is 5.07. The number of primary amides is 1. The highest BCUT2D eigenvalue weighted by atomic mass is 32.1. The monoisotopic (exact) mass is 505 g/mol. The maximum atomic E-state index is 13.8. The third-order valence-electron chi connectivity index (χ3n) is 6.11. The van der Waals surface area contributed by atoms with Crippen molar-refractivity contribution in [2.75, 3.05) is 32.0 Å². The molecule has 3 amide bonds. The number of halogens is 1. The molecule has 3 atom stereocenters. The summed E-state index contributed by atoms with van der Waals surface area (Å²) in [6.07, 6.45) is 2.88. The second kappa shape index (κ2) is 11.1. The Morgan fingerprint density at radius 2 is 1.80 bits per heavy atom. The number of carbonyl (C=O) groups is 3. The van der Waals surface area contributed by atoms with Crippen molar-refractivity contribution in [3.63, 3.8) is 0 Å². The molecule has 2 saturated heterocycles. The van der Waals surface area contributed by atoms with Gasteiger partial charge in [0.05, 0.1) is 17.9 Å². The summed E-state index contributed by atoms with van der Waals surface area (Å²) in [5, 5.41) is 2.88. The van der Waals surface area contributed by atoms with Crippen LogP contribution < -0.4 is 16.8 Å². The van der Waals surface area contributed by atoms with Crippen molar-refractivity contribution < 1.29 is 28.2 Å². The van der Waals surface area contributed by atoms with Gasteiger partial charge in [-0.05, 0) is 54.9 Å². The molecule has 0 spiro atoms. The van der Waals surface area contributed by atoms with Gasteiger partial charge in [-0.2, -0.15) is 4.37 Å². The number of hydrogen-bond acceptors (Lipinski definition) is 8. The molecule has 3 heterocycles. The van der Waals surface area contributed by atoms with E-state index in [-0.39, 0.29) is 41.6 Å². The maximum Gasteiger partial charge on any atom is 0.270 e. The van der Waals surface area contributed by atoms with Gasteiger partial charge >= 0.3 is 0 Å². The molecule has 0 saturated carbocycles. The van der Waals surface area contributed by atoms with Crippen molar-refractivity contribution in [2.45, 2.75) is 43.9 Å². The Morgan fingerprint density at radius 1 is 1.14 bits per heavy atom. The van der Waals surface area contributed by atoms with E-state index in [9.17, 15) is 18.8 Å². The van der Waals surface area contributed by atoms with Gasteiger partial charge in [-0.15, -0.1) is 0 Å². The van der Waals surface area contributed by atoms with Gasteiger partial charge < -0.3 is 31.2 Å². The van der Waals surface area contributed by atoms with E-state index in [1.807, 2.05) is 0 Å². The highest BCUT2D eigenvalue weighted by Gasteiger charge is 2.37. The number of nitrogen functional groups attached to an aromatic ring is 1. The maximum absolute atomic E-state index is 13.8. The average Bonchev–Trinajstić information content (AvgIpc) is 3.60. The van der Waals surface area contributed by atoms with E-state index in [2.05, 4.69) is 9.69 Å². The lowest BCUT2D eigenvalue weighted by Crippen LogP contribution is -2.47. The minimum Gasteiger partial charge on any atom is -0.395 e. The number of nitrogens with one attached hydrogen (secondary N) is 1. The number of aromatic nitrogens is 1. The minimum absolute atomic E-state index is 0.00386. The lowest BCUT2D eigenvalue weighted by Gasteiger charge is -2.33. The van der Waals surface area contributed by atoms with Crippen LogP contribution in [0.2, 0.25) is 0 Å². The van der Waals surface area contributed by atoms with Crippen molar-refractivity contribution in [1.29, 1.82) is 0 Å². The molecule has 2 aliphatic rings. The van der Waals surface area contributed by atoms with Gasteiger partial charge in [0.25, 0.3) is 11.8 Å². The molecule has 3 unspecified atom stereocenters. The molecular weight excluding hydrogens is 477 g/mol. The lowest BCUT2D eigenvalue weighted by molar-refractivity contribution is -0.126. The fraction of sp³-hybridized carbons (Fsp3) is 0.478. The molecule has 1 aromatic heterocycles. The van der Waals surface area contributed by atoms with Crippen LogP contribution in [-0.4, -0.2) is 65.5 Å². The van der Waals surface area contributed by atoms with Crippen molar-refractivity contribution in [3.05, 3.63) is 46.2 Å². The van der Waals surface area contributed by atoms with Gasteiger partial charge in [-0.25, -0.2) is 4.39 Å². The summed E-state index contributed by atoms with van der Waals surface area (Å²) in [4.78, 5) is 40.3. The van der Waals surface area contributed by atoms with Crippen LogP contribution in [0.15, 0.2) is 24.3 Å². The zero-order chi connectivity index (χ0) is 24.9. The average molecular weight is 506 g/mol. The Morgan fingerprint density at radius 3 is 2.37 bits per heavy atom. The highest BCUT2D eigenvalue weighted by molar-refractivity contribution is 7.09. The molecule has 2 aliphatic heterocycles. The summed E-state index contributed by atoms with van der Waals surface area (Å²) in [5.41, 5.74) is 11.4. The van der Waals surface area contributed by atoms with E-state index in [1.54, 1.807) is 0 Å². The van der Waals surface area contributed by atoms with Crippen molar-refractivity contribution in [2.24, 2.45) is 5.73 Å². The van der Waals surface area contributed by atoms with Crippen LogP contribution in [0.4, 0.5) is 10.1 Å². The van der Waals surface area contributed by atoms with Gasteiger partial charge in [0.15, 0.2) is 5.69 Å². The van der Waals surface area contributed by atoms with Crippen LogP contribution >= 0.6 is 11.5 Å². The molecule has 35 heavy (non-hydrogen) atoms. The number of amides is 3. The summed E-state index contributed by atoms with van der Waals surface area (Å²) in [7, 11) is 0. The van der Waals surface area contributed by atoms with Gasteiger partial charge in [0, 0.05) is 26.3 Å². The molecular formula is C23H28FN5O5S. The normalized spacial score (nSPS) is 20.5. The Balaban J connectivity index is 1.69. The summed E-state index contributed by atoms with van der Waals surface area (Å²) in [6.45, 7) is 1.57. The molecule has 4 rings (SSSR count). The van der Waals surface area contributed by atoms with Crippen LogP contribution in [0.5, 0.6) is 0 Å². The molecule has 12 heteroatoms.